The number of hydrogen-bond acceptors (Lipinski definition) is 3. The first-order valence-electron chi connectivity index (χ1n) is 5.34. The Hall–Kier alpha value is -1.22. The van der Waals surface area contributed by atoms with Gasteiger partial charge in [0.15, 0.2) is 11.5 Å². The normalized spacial score (nSPS) is 18.4. The zero-order chi connectivity index (χ0) is 11.1. The maximum atomic E-state index is 9.30. The number of ether oxygens (including phenoxy) is 2. The Bertz CT molecular complexity index is 282. The SMILES string of the molecule is CCC.Oc1ccccc1OC1CCO1. The number of rotatable bonds is 2. The average Bonchev–Trinajstić information content (AvgIpc) is 2.15. The zero-order valence-electron chi connectivity index (χ0n) is 9.27. The van der Waals surface area contributed by atoms with Crippen LogP contribution in [0.4, 0.5) is 0 Å². The van der Waals surface area contributed by atoms with Crippen molar-refractivity contribution in [1.82, 2.24) is 0 Å². The van der Waals surface area contributed by atoms with Gasteiger partial charge in [-0.15, -0.1) is 0 Å². The van der Waals surface area contributed by atoms with Gasteiger partial charge in [-0.25, -0.2) is 0 Å². The monoisotopic (exact) mass is 210 g/mol. The molecule has 15 heavy (non-hydrogen) atoms. The highest BCUT2D eigenvalue weighted by molar-refractivity contribution is 5.37. The van der Waals surface area contributed by atoms with Crippen LogP contribution in [0.2, 0.25) is 0 Å². The molecule has 0 aliphatic carbocycles. The van der Waals surface area contributed by atoms with E-state index < -0.39 is 0 Å². The molecule has 1 aliphatic heterocycles. The first-order chi connectivity index (χ1) is 7.27. The molecule has 0 bridgehead atoms. The molecule has 2 rings (SSSR count). The molecule has 1 heterocycles. The summed E-state index contributed by atoms with van der Waals surface area (Å²) in [6.07, 6.45) is 1.98. The molecule has 1 unspecified atom stereocenters. The molecule has 1 N–H and O–H groups in total. The van der Waals surface area contributed by atoms with E-state index in [0.717, 1.165) is 13.0 Å². The predicted octanol–water partition coefficient (Wildman–Crippen LogP) is 2.93. The highest BCUT2D eigenvalue weighted by atomic mass is 16.7. The molecule has 1 fully saturated rings. The van der Waals surface area contributed by atoms with Crippen LogP contribution in [0.25, 0.3) is 0 Å². The fourth-order valence-electron chi connectivity index (χ4n) is 1.01. The Balaban J connectivity index is 0.000000337. The Kier molecular flexibility index (Phi) is 4.98. The second kappa shape index (κ2) is 6.30. The first kappa shape index (κ1) is 11.9. The van der Waals surface area contributed by atoms with E-state index in [4.69, 9.17) is 9.47 Å². The zero-order valence-corrected chi connectivity index (χ0v) is 9.27. The molecule has 0 aromatic heterocycles. The van der Waals surface area contributed by atoms with E-state index in [1.807, 2.05) is 6.07 Å². The molecule has 0 spiro atoms. The van der Waals surface area contributed by atoms with Crippen molar-refractivity contribution in [3.63, 3.8) is 0 Å². The van der Waals surface area contributed by atoms with Gasteiger partial charge >= 0.3 is 0 Å². The van der Waals surface area contributed by atoms with Crippen LogP contribution in [0, 0.1) is 0 Å². The van der Waals surface area contributed by atoms with Crippen LogP contribution in [0.15, 0.2) is 24.3 Å². The average molecular weight is 210 g/mol. The lowest BCUT2D eigenvalue weighted by molar-refractivity contribution is -0.165. The standard InChI is InChI=1S/C9H10O3.C3H8/c10-7-3-1-2-4-8(7)12-9-5-6-11-9;1-3-2/h1-4,9-10H,5-6H2;3H2,1-2H3. The maximum Gasteiger partial charge on any atom is 0.202 e. The molecule has 3 nitrogen and oxygen atoms in total. The van der Waals surface area contributed by atoms with Crippen LogP contribution < -0.4 is 4.74 Å². The summed E-state index contributed by atoms with van der Waals surface area (Å²) in [5.74, 6) is 0.648. The fourth-order valence-corrected chi connectivity index (χ4v) is 1.01. The van der Waals surface area contributed by atoms with Crippen LogP contribution in [0.3, 0.4) is 0 Å². The molecule has 0 saturated carbocycles. The van der Waals surface area contributed by atoms with Gasteiger partial charge in [-0.3, -0.25) is 0 Å². The highest BCUT2D eigenvalue weighted by Gasteiger charge is 2.20. The van der Waals surface area contributed by atoms with E-state index in [1.165, 1.54) is 6.42 Å². The van der Waals surface area contributed by atoms with Gasteiger partial charge in [0.05, 0.1) is 6.61 Å². The summed E-state index contributed by atoms with van der Waals surface area (Å²) in [5.41, 5.74) is 0. The largest absolute Gasteiger partial charge is 0.504 e. The predicted molar refractivity (Wildman–Crippen MR) is 59.1 cm³/mol. The van der Waals surface area contributed by atoms with Gasteiger partial charge in [0.2, 0.25) is 6.29 Å². The van der Waals surface area contributed by atoms with Crippen LogP contribution >= 0.6 is 0 Å². The summed E-state index contributed by atoms with van der Waals surface area (Å²) in [4.78, 5) is 0. The van der Waals surface area contributed by atoms with Gasteiger partial charge < -0.3 is 14.6 Å². The van der Waals surface area contributed by atoms with Crippen molar-refractivity contribution in [2.75, 3.05) is 6.61 Å². The van der Waals surface area contributed by atoms with Gasteiger partial charge in [0.25, 0.3) is 0 Å². The molecule has 1 aromatic carbocycles. The van der Waals surface area contributed by atoms with Crippen molar-refractivity contribution >= 4 is 0 Å². The fraction of sp³-hybridized carbons (Fsp3) is 0.500. The topological polar surface area (TPSA) is 38.7 Å². The van der Waals surface area contributed by atoms with Crippen molar-refractivity contribution in [3.05, 3.63) is 24.3 Å². The summed E-state index contributed by atoms with van der Waals surface area (Å²) in [6, 6.07) is 6.88. The number of aromatic hydroxyl groups is 1. The molecule has 1 aliphatic rings. The minimum Gasteiger partial charge on any atom is -0.504 e. The Labute approximate surface area is 90.6 Å². The van der Waals surface area contributed by atoms with Gasteiger partial charge in [-0.05, 0) is 12.1 Å². The molecule has 1 saturated heterocycles. The number of benzene rings is 1. The third-order valence-corrected chi connectivity index (χ3v) is 1.78. The Morgan fingerprint density at radius 1 is 1.40 bits per heavy atom. The van der Waals surface area contributed by atoms with Crippen LogP contribution in [-0.2, 0) is 4.74 Å². The van der Waals surface area contributed by atoms with Gasteiger partial charge in [-0.2, -0.15) is 0 Å². The summed E-state index contributed by atoms with van der Waals surface area (Å²) in [5, 5.41) is 9.30. The third kappa shape index (κ3) is 3.80. The van der Waals surface area contributed by atoms with Crippen molar-refractivity contribution < 1.29 is 14.6 Å². The molecule has 84 valence electrons. The van der Waals surface area contributed by atoms with E-state index in [1.54, 1.807) is 18.2 Å². The van der Waals surface area contributed by atoms with Crippen LogP contribution in [-0.4, -0.2) is 18.0 Å². The first-order valence-corrected chi connectivity index (χ1v) is 5.34. The second-order valence-electron chi connectivity index (χ2n) is 3.38. The van der Waals surface area contributed by atoms with E-state index in [0.29, 0.717) is 5.75 Å². The summed E-state index contributed by atoms with van der Waals surface area (Å²) in [6.45, 7) is 5.00. The molecular formula is C12H18O3. The number of phenolic OH excluding ortho intramolecular Hbond substituents is 1. The highest BCUT2D eigenvalue weighted by Crippen LogP contribution is 2.27. The van der Waals surface area contributed by atoms with Crippen molar-refractivity contribution in [2.45, 2.75) is 33.0 Å². The van der Waals surface area contributed by atoms with Gasteiger partial charge in [0, 0.05) is 6.42 Å². The smallest absolute Gasteiger partial charge is 0.202 e. The lowest BCUT2D eigenvalue weighted by atomic mass is 10.3. The molecular weight excluding hydrogens is 192 g/mol. The summed E-state index contributed by atoms with van der Waals surface area (Å²) in [7, 11) is 0. The Morgan fingerprint density at radius 3 is 2.47 bits per heavy atom. The number of hydrogen-bond donors (Lipinski definition) is 1. The summed E-state index contributed by atoms with van der Waals surface area (Å²) >= 11 is 0. The minimum absolute atomic E-state index is 0.160. The van der Waals surface area contributed by atoms with E-state index >= 15 is 0 Å². The lowest BCUT2D eigenvalue weighted by Gasteiger charge is -2.26. The molecule has 1 aromatic rings. The molecule has 0 radical (unpaired) electrons. The van der Waals surface area contributed by atoms with E-state index in [2.05, 4.69) is 13.8 Å². The third-order valence-electron chi connectivity index (χ3n) is 1.78. The number of phenols is 1. The molecule has 3 heteroatoms. The second-order valence-corrected chi connectivity index (χ2v) is 3.38. The molecule has 0 amide bonds. The van der Waals surface area contributed by atoms with Gasteiger partial charge in [0.1, 0.15) is 0 Å². The molecule has 1 atom stereocenters. The van der Waals surface area contributed by atoms with Crippen molar-refractivity contribution in [2.24, 2.45) is 0 Å². The quantitative estimate of drug-likeness (QED) is 0.815. The van der Waals surface area contributed by atoms with Crippen LogP contribution in [0.1, 0.15) is 26.7 Å². The van der Waals surface area contributed by atoms with Crippen molar-refractivity contribution in [1.29, 1.82) is 0 Å². The van der Waals surface area contributed by atoms with E-state index in [-0.39, 0.29) is 12.0 Å². The summed E-state index contributed by atoms with van der Waals surface area (Å²) < 4.78 is 10.4. The minimum atomic E-state index is -0.168. The van der Waals surface area contributed by atoms with Gasteiger partial charge in [-0.1, -0.05) is 32.4 Å². The number of para-hydroxylation sites is 2. The van der Waals surface area contributed by atoms with Crippen molar-refractivity contribution in [3.8, 4) is 11.5 Å². The lowest BCUT2D eigenvalue weighted by Crippen LogP contribution is -2.32. The Morgan fingerprint density at radius 2 is 2.00 bits per heavy atom. The maximum absolute atomic E-state index is 9.30. The van der Waals surface area contributed by atoms with E-state index in [9.17, 15) is 5.11 Å². The van der Waals surface area contributed by atoms with Crippen LogP contribution in [0.5, 0.6) is 11.5 Å².